The monoisotopic (exact) mass is 344 g/mol. The highest BCUT2D eigenvalue weighted by molar-refractivity contribution is 9.12. The van der Waals surface area contributed by atoms with E-state index in [1.807, 2.05) is 0 Å². The van der Waals surface area contributed by atoms with E-state index in [2.05, 4.69) is 38.8 Å². The quantitative estimate of drug-likeness (QED) is 0.523. The van der Waals surface area contributed by atoms with Crippen molar-refractivity contribution in [3.05, 3.63) is 0 Å². The average Bonchev–Trinajstić information content (AvgIpc) is 2.24. The maximum Gasteiger partial charge on any atom is 0.0214 e. The molecule has 4 N–H and O–H groups in total. The summed E-state index contributed by atoms with van der Waals surface area (Å²) in [4.78, 5) is 0.613. The molecular formula is C11H26Br2N2. The minimum absolute atomic E-state index is 0.613. The number of hydrogen-bond acceptors (Lipinski definition) is 2. The Bertz CT molecular complexity index is 92.6. The molecule has 0 fully saturated rings. The molecule has 1 atom stereocenters. The summed E-state index contributed by atoms with van der Waals surface area (Å²) >= 11 is 6.59. The molecule has 0 aromatic rings. The molecule has 0 amide bonds. The first kappa shape index (κ1) is 18.3. The van der Waals surface area contributed by atoms with Gasteiger partial charge in [0, 0.05) is 10.2 Å². The highest BCUT2D eigenvalue weighted by Gasteiger charge is 1.87. The smallest absolute Gasteiger partial charge is 0.0214 e. The van der Waals surface area contributed by atoms with E-state index in [1.54, 1.807) is 0 Å². The summed E-state index contributed by atoms with van der Waals surface area (Å²) < 4.78 is 0. The lowest BCUT2D eigenvalue weighted by molar-refractivity contribution is 0.601. The Balaban J connectivity index is 0. The number of halogens is 2. The number of nitrogens with two attached hydrogens (primary N) is 2. The largest absolute Gasteiger partial charge is 0.330 e. The zero-order valence-corrected chi connectivity index (χ0v) is 13.0. The lowest BCUT2D eigenvalue weighted by Crippen LogP contribution is -1.99. The molecule has 0 saturated carbocycles. The highest BCUT2D eigenvalue weighted by Crippen LogP contribution is 2.03. The minimum Gasteiger partial charge on any atom is -0.330 e. The zero-order valence-electron chi connectivity index (χ0n) is 9.85. The number of alkyl halides is 2. The van der Waals surface area contributed by atoms with Gasteiger partial charge < -0.3 is 11.5 Å². The molecule has 0 aliphatic carbocycles. The molecule has 94 valence electrons. The molecule has 0 saturated heterocycles. The van der Waals surface area contributed by atoms with Gasteiger partial charge in [0.2, 0.25) is 0 Å². The zero-order chi connectivity index (χ0) is 11.9. The molecule has 2 nitrogen and oxygen atoms in total. The molecule has 0 aromatic carbocycles. The van der Waals surface area contributed by atoms with Gasteiger partial charge in [-0.05, 0) is 25.9 Å². The summed E-state index contributed by atoms with van der Waals surface area (Å²) in [7, 11) is 0. The first-order chi connectivity index (χ1) is 7.18. The third-order valence-electron chi connectivity index (χ3n) is 1.87. The van der Waals surface area contributed by atoms with Crippen LogP contribution in [0.25, 0.3) is 0 Å². The summed E-state index contributed by atoms with van der Waals surface area (Å²) in [6.45, 7) is 3.78. The second-order valence-electron chi connectivity index (χ2n) is 3.63. The van der Waals surface area contributed by atoms with Crippen molar-refractivity contribution < 1.29 is 0 Å². The predicted molar refractivity (Wildman–Crippen MR) is 78.0 cm³/mol. The summed E-state index contributed by atoms with van der Waals surface area (Å²) in [6, 6.07) is 0. The Labute approximate surface area is 112 Å². The lowest BCUT2D eigenvalue weighted by Gasteiger charge is -1.97. The third-order valence-corrected chi connectivity index (χ3v) is 4.03. The van der Waals surface area contributed by atoms with Crippen LogP contribution in [0.3, 0.4) is 0 Å². The van der Waals surface area contributed by atoms with Crippen molar-refractivity contribution in [3.8, 4) is 0 Å². The Hall–Kier alpha value is 0.880. The van der Waals surface area contributed by atoms with E-state index in [0.29, 0.717) is 4.83 Å². The molecule has 1 unspecified atom stereocenters. The first-order valence-corrected chi connectivity index (χ1v) is 7.82. The van der Waals surface area contributed by atoms with Gasteiger partial charge in [0.1, 0.15) is 0 Å². The molecular weight excluding hydrogens is 320 g/mol. The molecule has 0 aliphatic rings. The average molecular weight is 346 g/mol. The molecule has 0 spiro atoms. The van der Waals surface area contributed by atoms with Crippen LogP contribution in [0, 0.1) is 0 Å². The second kappa shape index (κ2) is 17.3. The summed E-state index contributed by atoms with van der Waals surface area (Å²) in [5.74, 6) is 0. The van der Waals surface area contributed by atoms with Crippen molar-refractivity contribution in [2.24, 2.45) is 11.5 Å². The highest BCUT2D eigenvalue weighted by atomic mass is 79.9. The SMILES string of the molecule is CC(Br)CBr.NCCCCCCCCN. The van der Waals surface area contributed by atoms with Gasteiger partial charge in [0.25, 0.3) is 0 Å². The third kappa shape index (κ3) is 25.3. The van der Waals surface area contributed by atoms with Crippen molar-refractivity contribution in [2.75, 3.05) is 18.4 Å². The molecule has 0 radical (unpaired) electrons. The standard InChI is InChI=1S/C8H20N2.C3H6Br2/c9-7-5-3-1-2-4-6-8-10;1-3(5)2-4/h1-10H2;3H,2H2,1H3. The van der Waals surface area contributed by atoms with Crippen molar-refractivity contribution in [1.29, 1.82) is 0 Å². The van der Waals surface area contributed by atoms with Gasteiger partial charge in [-0.15, -0.1) is 0 Å². The van der Waals surface area contributed by atoms with Crippen molar-refractivity contribution in [2.45, 2.75) is 50.3 Å². The lowest BCUT2D eigenvalue weighted by atomic mass is 10.1. The van der Waals surface area contributed by atoms with E-state index in [4.69, 9.17) is 11.5 Å². The number of unbranched alkanes of at least 4 members (excludes halogenated alkanes) is 5. The van der Waals surface area contributed by atoms with Crippen LogP contribution in [0.5, 0.6) is 0 Å². The van der Waals surface area contributed by atoms with Gasteiger partial charge >= 0.3 is 0 Å². The van der Waals surface area contributed by atoms with Gasteiger partial charge in [-0.2, -0.15) is 0 Å². The fourth-order valence-electron chi connectivity index (χ4n) is 0.996. The fraction of sp³-hybridized carbons (Fsp3) is 1.00. The van der Waals surface area contributed by atoms with Crippen LogP contribution >= 0.6 is 31.9 Å². The van der Waals surface area contributed by atoms with Gasteiger partial charge in [-0.1, -0.05) is 64.5 Å². The first-order valence-electron chi connectivity index (χ1n) is 5.79. The van der Waals surface area contributed by atoms with Gasteiger partial charge in [0.15, 0.2) is 0 Å². The minimum atomic E-state index is 0.613. The molecule has 4 heteroatoms. The maximum absolute atomic E-state index is 5.35. The van der Waals surface area contributed by atoms with E-state index in [9.17, 15) is 0 Å². The van der Waals surface area contributed by atoms with Crippen LogP contribution in [-0.4, -0.2) is 23.2 Å². The van der Waals surface area contributed by atoms with E-state index in [1.165, 1.54) is 38.5 Å². The van der Waals surface area contributed by atoms with E-state index in [-0.39, 0.29) is 0 Å². The van der Waals surface area contributed by atoms with E-state index < -0.39 is 0 Å². The summed E-state index contributed by atoms with van der Waals surface area (Å²) in [6.07, 6.45) is 7.61. The maximum atomic E-state index is 5.35. The van der Waals surface area contributed by atoms with Crippen molar-refractivity contribution >= 4 is 31.9 Å². The summed E-state index contributed by atoms with van der Waals surface area (Å²) in [5.41, 5.74) is 10.7. The van der Waals surface area contributed by atoms with E-state index in [0.717, 1.165) is 18.4 Å². The predicted octanol–water partition coefficient (Wildman–Crippen LogP) is 3.41. The molecule has 0 aliphatic heterocycles. The van der Waals surface area contributed by atoms with Crippen LogP contribution in [-0.2, 0) is 0 Å². The van der Waals surface area contributed by atoms with Crippen LogP contribution in [0.4, 0.5) is 0 Å². The van der Waals surface area contributed by atoms with Crippen LogP contribution in [0.2, 0.25) is 0 Å². The summed E-state index contributed by atoms with van der Waals surface area (Å²) in [5, 5.41) is 1.03. The van der Waals surface area contributed by atoms with Crippen molar-refractivity contribution in [1.82, 2.24) is 0 Å². The van der Waals surface area contributed by atoms with Crippen molar-refractivity contribution in [3.63, 3.8) is 0 Å². The van der Waals surface area contributed by atoms with E-state index >= 15 is 0 Å². The number of hydrogen-bond donors (Lipinski definition) is 2. The normalized spacial score (nSPS) is 11.8. The number of rotatable bonds is 8. The molecule has 0 rings (SSSR count). The van der Waals surface area contributed by atoms with Gasteiger partial charge in [-0.3, -0.25) is 0 Å². The Kier molecular flexibility index (Phi) is 21.0. The van der Waals surface area contributed by atoms with Crippen LogP contribution in [0.15, 0.2) is 0 Å². The molecule has 15 heavy (non-hydrogen) atoms. The second-order valence-corrected chi connectivity index (χ2v) is 5.84. The Morgan fingerprint density at radius 1 is 0.867 bits per heavy atom. The molecule has 0 aromatic heterocycles. The van der Waals surface area contributed by atoms with Gasteiger partial charge in [-0.25, -0.2) is 0 Å². The Morgan fingerprint density at radius 3 is 1.33 bits per heavy atom. The molecule has 0 bridgehead atoms. The van der Waals surface area contributed by atoms with Crippen LogP contribution < -0.4 is 11.5 Å². The molecule has 0 heterocycles. The fourth-order valence-corrected chi connectivity index (χ4v) is 0.996. The topological polar surface area (TPSA) is 52.0 Å². The Morgan fingerprint density at radius 2 is 1.13 bits per heavy atom. The van der Waals surface area contributed by atoms with Crippen LogP contribution in [0.1, 0.15) is 45.4 Å². The van der Waals surface area contributed by atoms with Gasteiger partial charge in [0.05, 0.1) is 0 Å².